The highest BCUT2D eigenvalue weighted by Crippen LogP contribution is 2.18. The van der Waals surface area contributed by atoms with E-state index in [9.17, 15) is 4.39 Å². The zero-order valence-electron chi connectivity index (χ0n) is 10.3. The van der Waals surface area contributed by atoms with E-state index >= 15 is 0 Å². The average molecular weight is 309 g/mol. The summed E-state index contributed by atoms with van der Waals surface area (Å²) in [6, 6.07) is 7.12. The molecule has 0 fully saturated rings. The summed E-state index contributed by atoms with van der Waals surface area (Å²) in [5, 5.41) is 3.25. The van der Waals surface area contributed by atoms with E-state index < -0.39 is 0 Å². The van der Waals surface area contributed by atoms with Crippen molar-refractivity contribution in [3.63, 3.8) is 0 Å². The number of halogens is 2. The zero-order valence-corrected chi connectivity index (χ0v) is 11.9. The Morgan fingerprint density at radius 3 is 2.67 bits per heavy atom. The van der Waals surface area contributed by atoms with Gasteiger partial charge in [0.05, 0.1) is 0 Å². The van der Waals surface area contributed by atoms with Crippen molar-refractivity contribution in [2.45, 2.75) is 20.4 Å². The van der Waals surface area contributed by atoms with Gasteiger partial charge in [0.2, 0.25) is 0 Å². The van der Waals surface area contributed by atoms with Crippen LogP contribution in [-0.2, 0) is 6.54 Å². The van der Waals surface area contributed by atoms with Crippen LogP contribution in [0.5, 0.6) is 0 Å². The summed E-state index contributed by atoms with van der Waals surface area (Å²) < 4.78 is 14.1. The predicted octanol–water partition coefficient (Wildman–Crippen LogP) is 4.21. The minimum Gasteiger partial charge on any atom is -0.366 e. The first-order valence-corrected chi connectivity index (χ1v) is 6.46. The first-order valence-electron chi connectivity index (χ1n) is 5.67. The molecule has 0 atom stereocenters. The molecular formula is C14H14BrFN2. The van der Waals surface area contributed by atoms with E-state index in [4.69, 9.17) is 0 Å². The first kappa shape index (κ1) is 13.0. The number of aromatic nitrogens is 1. The Balaban J connectivity index is 2.09. The van der Waals surface area contributed by atoms with E-state index in [-0.39, 0.29) is 5.82 Å². The second kappa shape index (κ2) is 5.48. The lowest BCUT2D eigenvalue weighted by atomic mass is 10.1. The molecule has 2 nitrogen and oxygen atoms in total. The quantitative estimate of drug-likeness (QED) is 0.918. The van der Waals surface area contributed by atoms with Gasteiger partial charge in [-0.05, 0) is 58.6 Å². The van der Waals surface area contributed by atoms with E-state index in [0.717, 1.165) is 21.4 Å². The molecule has 1 aromatic carbocycles. The van der Waals surface area contributed by atoms with Crippen molar-refractivity contribution in [3.05, 3.63) is 57.4 Å². The van der Waals surface area contributed by atoms with Gasteiger partial charge >= 0.3 is 0 Å². The summed E-state index contributed by atoms with van der Waals surface area (Å²) in [6.07, 6.45) is 1.76. The van der Waals surface area contributed by atoms with E-state index in [1.807, 2.05) is 19.1 Å². The number of nitrogens with one attached hydrogen (secondary N) is 1. The number of nitrogens with zero attached hydrogens (tertiary/aromatic N) is 1. The summed E-state index contributed by atoms with van der Waals surface area (Å²) in [6.45, 7) is 4.40. The van der Waals surface area contributed by atoms with Crippen LogP contribution in [-0.4, -0.2) is 4.98 Å². The third-order valence-corrected chi connectivity index (χ3v) is 3.16. The third-order valence-electron chi connectivity index (χ3n) is 2.73. The highest BCUT2D eigenvalue weighted by molar-refractivity contribution is 9.10. The summed E-state index contributed by atoms with van der Waals surface area (Å²) in [7, 11) is 0. The van der Waals surface area contributed by atoms with Gasteiger partial charge in [-0.15, -0.1) is 0 Å². The largest absolute Gasteiger partial charge is 0.366 e. The monoisotopic (exact) mass is 308 g/mol. The first-order chi connectivity index (χ1) is 8.56. The predicted molar refractivity (Wildman–Crippen MR) is 75.1 cm³/mol. The smallest absolute Gasteiger partial charge is 0.129 e. The molecule has 0 unspecified atom stereocenters. The van der Waals surface area contributed by atoms with E-state index in [0.29, 0.717) is 12.1 Å². The normalized spacial score (nSPS) is 10.4. The van der Waals surface area contributed by atoms with Crippen LogP contribution in [0.2, 0.25) is 0 Å². The fourth-order valence-electron chi connectivity index (χ4n) is 1.73. The van der Waals surface area contributed by atoms with Crippen LogP contribution in [0.15, 0.2) is 34.9 Å². The second-order valence-corrected chi connectivity index (χ2v) is 5.17. The Bertz CT molecular complexity index is 570. The fourth-order valence-corrected chi connectivity index (χ4v) is 2.17. The van der Waals surface area contributed by atoms with Gasteiger partial charge in [0.25, 0.3) is 0 Å². The Morgan fingerprint density at radius 1 is 1.22 bits per heavy atom. The number of pyridine rings is 1. The molecule has 0 bridgehead atoms. The Kier molecular flexibility index (Phi) is 3.97. The maximum absolute atomic E-state index is 13.1. The van der Waals surface area contributed by atoms with Crippen molar-refractivity contribution in [2.75, 3.05) is 5.32 Å². The molecule has 94 valence electrons. The Morgan fingerprint density at radius 2 is 2.00 bits per heavy atom. The lowest BCUT2D eigenvalue weighted by Crippen LogP contribution is -2.03. The molecule has 4 heteroatoms. The molecule has 0 saturated heterocycles. The fraction of sp³-hybridized carbons (Fsp3) is 0.214. The lowest BCUT2D eigenvalue weighted by molar-refractivity contribution is 0.617. The highest BCUT2D eigenvalue weighted by Gasteiger charge is 2.02. The van der Waals surface area contributed by atoms with Gasteiger partial charge in [-0.3, -0.25) is 0 Å². The van der Waals surface area contributed by atoms with Crippen LogP contribution >= 0.6 is 15.9 Å². The number of hydrogen-bond acceptors (Lipinski definition) is 2. The molecule has 2 aromatic rings. The van der Waals surface area contributed by atoms with Crippen LogP contribution in [0.4, 0.5) is 10.2 Å². The highest BCUT2D eigenvalue weighted by atomic mass is 79.9. The van der Waals surface area contributed by atoms with Gasteiger partial charge < -0.3 is 5.32 Å². The van der Waals surface area contributed by atoms with Crippen LogP contribution < -0.4 is 5.32 Å². The molecular weight excluding hydrogens is 295 g/mol. The topological polar surface area (TPSA) is 24.9 Å². The van der Waals surface area contributed by atoms with Gasteiger partial charge in [-0.1, -0.05) is 12.1 Å². The maximum atomic E-state index is 13.1. The second-order valence-electron chi connectivity index (χ2n) is 4.26. The molecule has 18 heavy (non-hydrogen) atoms. The van der Waals surface area contributed by atoms with Crippen molar-refractivity contribution < 1.29 is 4.39 Å². The van der Waals surface area contributed by atoms with Crippen LogP contribution in [0.3, 0.4) is 0 Å². The standard InChI is InChI=1S/C14H14BrFN2/c1-9-5-11(3-4-13(9)16)7-17-14-10(2)6-12(15)8-18-14/h3-6,8H,7H2,1-2H3,(H,17,18). The van der Waals surface area contributed by atoms with Gasteiger partial charge in [0.15, 0.2) is 0 Å². The van der Waals surface area contributed by atoms with Crippen molar-refractivity contribution in [1.29, 1.82) is 0 Å². The molecule has 0 spiro atoms. The summed E-state index contributed by atoms with van der Waals surface area (Å²) in [4.78, 5) is 4.30. The van der Waals surface area contributed by atoms with E-state index in [1.165, 1.54) is 6.07 Å². The number of benzene rings is 1. The van der Waals surface area contributed by atoms with Crippen molar-refractivity contribution in [3.8, 4) is 0 Å². The summed E-state index contributed by atoms with van der Waals surface area (Å²) in [5.41, 5.74) is 2.77. The van der Waals surface area contributed by atoms with Crippen LogP contribution in [0.25, 0.3) is 0 Å². The van der Waals surface area contributed by atoms with Crippen LogP contribution in [0.1, 0.15) is 16.7 Å². The lowest BCUT2D eigenvalue weighted by Gasteiger charge is -2.09. The molecule has 0 aliphatic rings. The van der Waals surface area contributed by atoms with Crippen molar-refractivity contribution in [1.82, 2.24) is 4.98 Å². The number of rotatable bonds is 3. The molecule has 0 radical (unpaired) electrons. The van der Waals surface area contributed by atoms with Crippen molar-refractivity contribution in [2.24, 2.45) is 0 Å². The molecule has 2 rings (SSSR count). The average Bonchev–Trinajstić information content (AvgIpc) is 2.32. The molecule has 1 N–H and O–H groups in total. The van der Waals surface area contributed by atoms with Crippen LogP contribution in [0, 0.1) is 19.7 Å². The van der Waals surface area contributed by atoms with Gasteiger partial charge in [-0.2, -0.15) is 0 Å². The molecule has 0 aliphatic carbocycles. The minimum absolute atomic E-state index is 0.170. The van der Waals surface area contributed by atoms with E-state index in [2.05, 4.69) is 26.2 Å². The van der Waals surface area contributed by atoms with Gasteiger partial charge in [0.1, 0.15) is 11.6 Å². The molecule has 0 amide bonds. The SMILES string of the molecule is Cc1cc(CNc2ncc(Br)cc2C)ccc1F. The zero-order chi connectivity index (χ0) is 13.1. The summed E-state index contributed by atoms with van der Waals surface area (Å²) >= 11 is 3.38. The number of anilines is 1. The number of aryl methyl sites for hydroxylation is 2. The van der Waals surface area contributed by atoms with E-state index in [1.54, 1.807) is 19.2 Å². The van der Waals surface area contributed by atoms with Crippen molar-refractivity contribution >= 4 is 21.7 Å². The molecule has 0 aliphatic heterocycles. The maximum Gasteiger partial charge on any atom is 0.129 e. The molecule has 0 saturated carbocycles. The Hall–Kier alpha value is -1.42. The summed E-state index contributed by atoms with van der Waals surface area (Å²) in [5.74, 6) is 0.678. The minimum atomic E-state index is -0.170. The van der Waals surface area contributed by atoms with Gasteiger partial charge in [-0.25, -0.2) is 9.37 Å². The Labute approximate surface area is 114 Å². The molecule has 1 aromatic heterocycles. The number of hydrogen-bond donors (Lipinski definition) is 1. The van der Waals surface area contributed by atoms with Gasteiger partial charge in [0, 0.05) is 17.2 Å². The third kappa shape index (κ3) is 3.07. The molecule has 1 heterocycles.